The third kappa shape index (κ3) is 5.04. The van der Waals surface area contributed by atoms with E-state index in [-0.39, 0.29) is 36.4 Å². The fraction of sp³-hybridized carbons (Fsp3) is 0.833. The number of carbonyl (C=O) groups excluding carboxylic acids is 2. The Morgan fingerprint density at radius 1 is 0.750 bits per heavy atom. The maximum absolute atomic E-state index is 10.7. The second kappa shape index (κ2) is 6.04. The normalized spacial score (nSPS) is 35.2. The molecule has 0 bridgehead atoms. The molecule has 0 aromatic rings. The van der Waals surface area contributed by atoms with Crippen molar-refractivity contribution in [3.05, 3.63) is 0 Å². The number of ether oxygens (including phenoxy) is 6. The summed E-state index contributed by atoms with van der Waals surface area (Å²) in [6, 6.07) is 0. The zero-order valence-electron chi connectivity index (χ0n) is 10.8. The number of epoxide rings is 4. The lowest BCUT2D eigenvalue weighted by Gasteiger charge is -1.97. The monoisotopic (exact) mass is 288 g/mol. The van der Waals surface area contributed by atoms with Gasteiger partial charge >= 0.3 is 11.9 Å². The Morgan fingerprint density at radius 3 is 1.35 bits per heavy atom. The second-order valence-corrected chi connectivity index (χ2v) is 4.81. The average Bonchev–Trinajstić information content (AvgIpc) is 3.26. The Morgan fingerprint density at radius 2 is 1.10 bits per heavy atom. The Labute approximate surface area is 115 Å². The summed E-state index contributed by atoms with van der Waals surface area (Å²) in [5, 5.41) is 0. The zero-order chi connectivity index (χ0) is 13.9. The van der Waals surface area contributed by atoms with Crippen molar-refractivity contribution in [3.63, 3.8) is 0 Å². The molecule has 4 fully saturated rings. The molecule has 4 aliphatic rings. The van der Waals surface area contributed by atoms with E-state index in [0.717, 1.165) is 13.2 Å². The molecule has 4 saturated heterocycles. The first-order valence-corrected chi connectivity index (χ1v) is 6.52. The van der Waals surface area contributed by atoms with E-state index in [1.165, 1.54) is 0 Å². The molecule has 112 valence electrons. The molecule has 0 aromatic carbocycles. The van der Waals surface area contributed by atoms with E-state index in [1.54, 1.807) is 0 Å². The standard InChI is InChI=1S/2C6H8O4/c2*7-6(5-3-9-5)10-2-4-1-8-4/h2*4-5H,1-3H2. The van der Waals surface area contributed by atoms with Gasteiger partial charge in [0.15, 0.2) is 12.2 Å². The largest absolute Gasteiger partial charge is 0.461 e. The van der Waals surface area contributed by atoms with E-state index in [4.69, 9.17) is 28.4 Å². The fourth-order valence-corrected chi connectivity index (χ4v) is 1.23. The molecule has 8 nitrogen and oxygen atoms in total. The van der Waals surface area contributed by atoms with E-state index < -0.39 is 0 Å². The maximum atomic E-state index is 10.7. The molecule has 0 spiro atoms. The quantitative estimate of drug-likeness (QED) is 0.437. The SMILES string of the molecule is O=C(OCC1CO1)C1CO1.O=C(OCC1CO1)C1CO1. The van der Waals surface area contributed by atoms with Gasteiger partial charge in [-0.2, -0.15) is 0 Å². The Hall–Kier alpha value is -1.22. The third-order valence-electron chi connectivity index (χ3n) is 2.82. The van der Waals surface area contributed by atoms with Crippen LogP contribution in [0.5, 0.6) is 0 Å². The highest BCUT2D eigenvalue weighted by Gasteiger charge is 2.35. The minimum Gasteiger partial charge on any atom is -0.461 e. The molecule has 4 rings (SSSR count). The van der Waals surface area contributed by atoms with Gasteiger partial charge in [-0.25, -0.2) is 9.59 Å². The van der Waals surface area contributed by atoms with Gasteiger partial charge in [-0.15, -0.1) is 0 Å². The molecule has 0 N–H and O–H groups in total. The first-order valence-electron chi connectivity index (χ1n) is 6.52. The third-order valence-corrected chi connectivity index (χ3v) is 2.82. The highest BCUT2D eigenvalue weighted by Crippen LogP contribution is 2.14. The zero-order valence-corrected chi connectivity index (χ0v) is 10.8. The van der Waals surface area contributed by atoms with Gasteiger partial charge in [-0.1, -0.05) is 0 Å². The van der Waals surface area contributed by atoms with Gasteiger partial charge in [0.05, 0.1) is 26.4 Å². The van der Waals surface area contributed by atoms with Gasteiger partial charge in [0, 0.05) is 0 Å². The predicted octanol–water partition coefficient (Wildman–Crippen LogP) is -1.35. The molecular formula is C12H16O8. The first-order chi connectivity index (χ1) is 9.72. The highest BCUT2D eigenvalue weighted by atomic mass is 16.7. The number of hydrogen-bond acceptors (Lipinski definition) is 8. The molecule has 4 heterocycles. The summed E-state index contributed by atoms with van der Waals surface area (Å²) in [4.78, 5) is 21.5. The van der Waals surface area contributed by atoms with Crippen LogP contribution in [0.4, 0.5) is 0 Å². The van der Waals surface area contributed by atoms with Crippen LogP contribution in [0, 0.1) is 0 Å². The van der Waals surface area contributed by atoms with Gasteiger partial charge in [0.25, 0.3) is 0 Å². The summed E-state index contributed by atoms with van der Waals surface area (Å²) in [5.41, 5.74) is 0. The molecule has 0 radical (unpaired) electrons. The van der Waals surface area contributed by atoms with E-state index in [9.17, 15) is 9.59 Å². The van der Waals surface area contributed by atoms with Crippen molar-refractivity contribution in [3.8, 4) is 0 Å². The molecule has 0 aromatic heterocycles. The van der Waals surface area contributed by atoms with Crippen molar-refractivity contribution in [2.24, 2.45) is 0 Å². The minimum absolute atomic E-state index is 0.155. The van der Waals surface area contributed by atoms with Crippen LogP contribution in [0.2, 0.25) is 0 Å². The van der Waals surface area contributed by atoms with Crippen LogP contribution in [0.3, 0.4) is 0 Å². The highest BCUT2D eigenvalue weighted by molar-refractivity contribution is 5.77. The fourth-order valence-electron chi connectivity index (χ4n) is 1.23. The maximum Gasteiger partial charge on any atom is 0.337 e. The lowest BCUT2D eigenvalue weighted by molar-refractivity contribution is -0.146. The smallest absolute Gasteiger partial charge is 0.337 e. The van der Waals surface area contributed by atoms with Crippen molar-refractivity contribution in [1.82, 2.24) is 0 Å². The Balaban J connectivity index is 0.000000121. The van der Waals surface area contributed by atoms with Gasteiger partial charge in [0.1, 0.15) is 25.4 Å². The summed E-state index contributed by atoms with van der Waals surface area (Å²) in [6.45, 7) is 3.25. The van der Waals surface area contributed by atoms with Gasteiger partial charge in [-0.05, 0) is 0 Å². The van der Waals surface area contributed by atoms with Gasteiger partial charge in [-0.3, -0.25) is 0 Å². The van der Waals surface area contributed by atoms with Crippen LogP contribution in [0.1, 0.15) is 0 Å². The van der Waals surface area contributed by atoms with Crippen LogP contribution in [-0.4, -0.2) is 76.0 Å². The summed E-state index contributed by atoms with van der Waals surface area (Å²) in [5.74, 6) is -0.508. The van der Waals surface area contributed by atoms with Crippen molar-refractivity contribution in [2.45, 2.75) is 24.4 Å². The minimum atomic E-state index is -0.279. The van der Waals surface area contributed by atoms with Crippen LogP contribution in [-0.2, 0) is 38.0 Å². The van der Waals surface area contributed by atoms with Crippen molar-refractivity contribution in [1.29, 1.82) is 0 Å². The lowest BCUT2D eigenvalue weighted by atomic mass is 10.5. The Bertz CT molecular complexity index is 332. The molecular weight excluding hydrogens is 272 g/mol. The number of hydrogen-bond donors (Lipinski definition) is 0. The van der Waals surface area contributed by atoms with Crippen LogP contribution in [0.25, 0.3) is 0 Å². The van der Waals surface area contributed by atoms with Crippen molar-refractivity contribution >= 4 is 11.9 Å². The number of esters is 2. The molecule has 0 saturated carbocycles. The molecule has 0 aliphatic carbocycles. The summed E-state index contributed by atoms with van der Waals surface area (Å²) in [7, 11) is 0. The van der Waals surface area contributed by atoms with Crippen molar-refractivity contribution < 1.29 is 38.0 Å². The van der Waals surface area contributed by atoms with Crippen LogP contribution in [0.15, 0.2) is 0 Å². The molecule has 4 atom stereocenters. The molecule has 8 heteroatoms. The first kappa shape index (κ1) is 13.7. The average molecular weight is 288 g/mol. The van der Waals surface area contributed by atoms with Gasteiger partial charge < -0.3 is 28.4 Å². The molecule has 20 heavy (non-hydrogen) atoms. The number of carbonyl (C=O) groups is 2. The van der Waals surface area contributed by atoms with Crippen molar-refractivity contribution in [2.75, 3.05) is 39.6 Å². The summed E-state index contributed by atoms with van der Waals surface area (Å²) >= 11 is 0. The molecule has 0 amide bonds. The van der Waals surface area contributed by atoms with Crippen LogP contribution >= 0.6 is 0 Å². The topological polar surface area (TPSA) is 103 Å². The van der Waals surface area contributed by atoms with E-state index in [1.807, 2.05) is 0 Å². The van der Waals surface area contributed by atoms with E-state index in [2.05, 4.69) is 0 Å². The summed E-state index contributed by atoms with van der Waals surface area (Å²) in [6.07, 6.45) is -0.247. The Kier molecular flexibility index (Phi) is 4.16. The van der Waals surface area contributed by atoms with Crippen LogP contribution < -0.4 is 0 Å². The van der Waals surface area contributed by atoms with E-state index >= 15 is 0 Å². The second-order valence-electron chi connectivity index (χ2n) is 4.81. The lowest BCUT2D eigenvalue weighted by Crippen LogP contribution is -2.14. The number of rotatable bonds is 6. The molecule has 4 unspecified atom stereocenters. The van der Waals surface area contributed by atoms with E-state index in [0.29, 0.717) is 26.4 Å². The molecule has 4 aliphatic heterocycles. The predicted molar refractivity (Wildman–Crippen MR) is 60.9 cm³/mol. The summed E-state index contributed by atoms with van der Waals surface area (Å²) < 4.78 is 28.7. The van der Waals surface area contributed by atoms with Gasteiger partial charge in [0.2, 0.25) is 0 Å².